The highest BCUT2D eigenvalue weighted by Gasteiger charge is 2.30. The zero-order valence-corrected chi connectivity index (χ0v) is 28.3. The summed E-state index contributed by atoms with van der Waals surface area (Å²) >= 11 is 15.6. The van der Waals surface area contributed by atoms with E-state index in [1.165, 1.54) is 35.6 Å². The summed E-state index contributed by atoms with van der Waals surface area (Å²) in [5, 5.41) is 15.6. The van der Waals surface area contributed by atoms with Gasteiger partial charge in [-0.1, -0.05) is 41.5 Å². The first-order valence-corrected chi connectivity index (χ1v) is 17.3. The first kappa shape index (κ1) is 35.4. The molecule has 1 aliphatic rings. The molecule has 4 N–H and O–H groups in total. The predicted octanol–water partition coefficient (Wildman–Crippen LogP) is 7.75. The minimum Gasteiger partial charge on any atom is -0.392 e. The van der Waals surface area contributed by atoms with Crippen molar-refractivity contribution in [2.24, 2.45) is 5.73 Å². The molecule has 0 amide bonds. The maximum atomic E-state index is 13.7. The van der Waals surface area contributed by atoms with Crippen LogP contribution in [0.5, 0.6) is 0 Å². The number of thiophene rings is 1. The van der Waals surface area contributed by atoms with Gasteiger partial charge in [0.05, 0.1) is 37.8 Å². The van der Waals surface area contributed by atoms with Gasteiger partial charge in [0.15, 0.2) is 5.78 Å². The Balaban J connectivity index is 1.53. The third-order valence-corrected chi connectivity index (χ3v) is 9.85. The van der Waals surface area contributed by atoms with Crippen LogP contribution in [0.15, 0.2) is 54.6 Å². The number of nitrogens with zero attached hydrogens (tertiary/aromatic N) is 3. The molecule has 1 saturated heterocycles. The van der Waals surface area contributed by atoms with Crippen molar-refractivity contribution in [2.45, 2.75) is 50.9 Å². The second kappa shape index (κ2) is 16.0. The first-order valence-electron chi connectivity index (χ1n) is 15.0. The summed E-state index contributed by atoms with van der Waals surface area (Å²) < 4.78 is 46.0. The van der Waals surface area contributed by atoms with Crippen molar-refractivity contribution in [3.63, 3.8) is 0 Å². The van der Waals surface area contributed by atoms with Crippen molar-refractivity contribution in [1.82, 2.24) is 18.8 Å². The maximum absolute atomic E-state index is 13.7. The molecular weight excluding hydrogens is 690 g/mol. The number of nitrogens with two attached hydrogens (primary N) is 1. The Morgan fingerprint density at radius 3 is 2.57 bits per heavy atom. The number of nitrogens with one attached hydrogen (secondary N) is 1. The van der Waals surface area contributed by atoms with Crippen LogP contribution in [-0.4, -0.2) is 50.7 Å². The smallest absolute Gasteiger partial charge is 0.392 e. The number of β-amino-alcohol motifs (C(OH)–C–C–N with tert-alkyl or cyclic N) is 1. The molecule has 248 valence electrons. The lowest BCUT2D eigenvalue weighted by Gasteiger charge is -2.15. The van der Waals surface area contributed by atoms with Gasteiger partial charge < -0.3 is 10.8 Å². The summed E-state index contributed by atoms with van der Waals surface area (Å²) in [5.41, 5.74) is 7.55. The van der Waals surface area contributed by atoms with E-state index in [4.69, 9.17) is 34.0 Å². The van der Waals surface area contributed by atoms with Gasteiger partial charge in [-0.05, 0) is 80.4 Å². The molecule has 0 saturated carbocycles. The number of ketones is 1. The summed E-state index contributed by atoms with van der Waals surface area (Å²) in [7, 11) is 0. The van der Waals surface area contributed by atoms with Gasteiger partial charge in [0.25, 0.3) is 0 Å². The topological polar surface area (TPSA) is 96.4 Å². The number of benzene rings is 2. The summed E-state index contributed by atoms with van der Waals surface area (Å²) in [4.78, 5) is 15.1. The van der Waals surface area contributed by atoms with Crippen molar-refractivity contribution < 1.29 is 23.1 Å². The van der Waals surface area contributed by atoms with E-state index < -0.39 is 11.7 Å². The molecule has 4 aromatic rings. The van der Waals surface area contributed by atoms with Crippen molar-refractivity contribution in [3.8, 4) is 28.1 Å². The van der Waals surface area contributed by atoms with Crippen LogP contribution in [0.2, 0.25) is 10.0 Å². The first-order chi connectivity index (χ1) is 22.5. The number of rotatable bonds is 12. The van der Waals surface area contributed by atoms with Crippen LogP contribution in [0.25, 0.3) is 16.3 Å². The summed E-state index contributed by atoms with van der Waals surface area (Å²) in [6.07, 6.45) is -1.49. The van der Waals surface area contributed by atoms with Crippen molar-refractivity contribution in [1.29, 1.82) is 0 Å². The normalized spacial score (nSPS) is 15.2. The monoisotopic (exact) mass is 721 g/mol. The number of unbranched alkanes of at least 4 members (excludes halogenated alkanes) is 2. The molecule has 1 atom stereocenters. The molecule has 14 heteroatoms. The van der Waals surface area contributed by atoms with Crippen molar-refractivity contribution in [2.75, 3.05) is 19.6 Å². The third kappa shape index (κ3) is 9.19. The van der Waals surface area contributed by atoms with Crippen LogP contribution < -0.4 is 10.5 Å². The molecule has 0 aliphatic carbocycles. The number of hydrogen-bond acceptors (Lipinski definition) is 8. The number of aliphatic hydroxyl groups is 1. The highest BCUT2D eigenvalue weighted by Crippen LogP contribution is 2.37. The molecule has 1 fully saturated rings. The van der Waals surface area contributed by atoms with E-state index in [2.05, 4.69) is 16.6 Å². The number of alkyl halides is 3. The average molecular weight is 723 g/mol. The minimum absolute atomic E-state index is 0.107. The third-order valence-electron chi connectivity index (χ3n) is 7.44. The van der Waals surface area contributed by atoms with Gasteiger partial charge >= 0.3 is 6.18 Å². The second-order valence-corrected chi connectivity index (χ2v) is 13.9. The highest BCUT2D eigenvalue weighted by molar-refractivity contribution is 7.95. The number of carbonyl (C=O) groups is 1. The van der Waals surface area contributed by atoms with E-state index in [0.717, 1.165) is 36.4 Å². The number of Topliss-reactive ketones (excluding diaryl/α,β-unsaturated/α-hetero) is 1. The number of aliphatic hydroxyl groups excluding tert-OH is 1. The van der Waals surface area contributed by atoms with Gasteiger partial charge in [0.2, 0.25) is 0 Å². The summed E-state index contributed by atoms with van der Waals surface area (Å²) in [5.74, 6) is 5.88. The van der Waals surface area contributed by atoms with Crippen LogP contribution in [0.4, 0.5) is 13.2 Å². The van der Waals surface area contributed by atoms with E-state index in [1.54, 1.807) is 22.9 Å². The summed E-state index contributed by atoms with van der Waals surface area (Å²) in [6.45, 7) is 2.10. The van der Waals surface area contributed by atoms with Crippen LogP contribution >= 0.6 is 46.7 Å². The van der Waals surface area contributed by atoms with Gasteiger partial charge in [0.1, 0.15) is 5.69 Å². The zero-order chi connectivity index (χ0) is 33.6. The largest absolute Gasteiger partial charge is 0.416 e. The van der Waals surface area contributed by atoms with Gasteiger partial charge in [-0.25, -0.2) is 13.7 Å². The molecule has 0 radical (unpaired) electrons. The molecule has 47 heavy (non-hydrogen) atoms. The number of carbonyl (C=O) groups excluding carboxylic acids is 1. The molecule has 0 spiro atoms. The molecule has 0 bridgehead atoms. The highest BCUT2D eigenvalue weighted by atomic mass is 35.5. The molecule has 1 unspecified atom stereocenters. The number of hydrogen-bond donors (Lipinski definition) is 3. The Kier molecular flexibility index (Phi) is 12.1. The molecule has 2 aromatic carbocycles. The molecule has 2 aromatic heterocycles. The summed E-state index contributed by atoms with van der Waals surface area (Å²) in [6, 6.07) is 13.4. The SMILES string of the molecule is NCCCCCC(=O)c1nn(-c2ccc(Cl)cc2Cl)c(-c2ccc(C#Cc3ccc(C(F)(F)F)cc3)s2)c1CNSN1CCC(O)C1. The van der Waals surface area contributed by atoms with Crippen molar-refractivity contribution in [3.05, 3.63) is 91.9 Å². The fourth-order valence-corrected chi connectivity index (χ4v) is 7.29. The van der Waals surface area contributed by atoms with Crippen LogP contribution in [0.1, 0.15) is 64.2 Å². The van der Waals surface area contributed by atoms with E-state index >= 15 is 0 Å². The number of halogens is 5. The van der Waals surface area contributed by atoms with Crippen LogP contribution in [0.3, 0.4) is 0 Å². The minimum atomic E-state index is -4.42. The molecule has 1 aliphatic heterocycles. The van der Waals surface area contributed by atoms with E-state index in [1.807, 2.05) is 16.4 Å². The zero-order valence-electron chi connectivity index (χ0n) is 25.1. The van der Waals surface area contributed by atoms with E-state index in [0.29, 0.717) is 75.5 Å². The fraction of sp³-hybridized carbons (Fsp3) is 0.333. The molecule has 5 rings (SSSR count). The second-order valence-electron chi connectivity index (χ2n) is 10.9. The average Bonchev–Trinajstić information content (AvgIpc) is 3.77. The van der Waals surface area contributed by atoms with Gasteiger partial charge in [-0.2, -0.15) is 18.3 Å². The maximum Gasteiger partial charge on any atom is 0.416 e. The van der Waals surface area contributed by atoms with E-state index in [-0.39, 0.29) is 18.4 Å². The standard InChI is InChI=1S/C33H32Cl2F3N5O2S2/c34-23-10-13-28(27(35)18-23)43-32(30-14-12-25(46-30)11-7-21-5-8-22(9-6-21)33(36,37)38)26(19-40-47-42-17-15-24(44)20-42)31(41-43)29(45)4-2-1-3-16-39/h5-6,8-10,12-14,18,24,40,44H,1-4,15-17,19-20,39H2. The Morgan fingerprint density at radius 1 is 1.11 bits per heavy atom. The predicted molar refractivity (Wildman–Crippen MR) is 183 cm³/mol. The van der Waals surface area contributed by atoms with E-state index in [9.17, 15) is 23.1 Å². The Bertz CT molecular complexity index is 1770. The van der Waals surface area contributed by atoms with Crippen LogP contribution in [0, 0.1) is 11.8 Å². The van der Waals surface area contributed by atoms with Gasteiger partial charge in [0, 0.05) is 54.3 Å². The quantitative estimate of drug-likeness (QED) is 0.0596. The Morgan fingerprint density at radius 2 is 1.89 bits per heavy atom. The molecular formula is C33H32Cl2F3N5O2S2. The lowest BCUT2D eigenvalue weighted by atomic mass is 10.0. The van der Waals surface area contributed by atoms with Gasteiger partial charge in [-0.3, -0.25) is 4.79 Å². The van der Waals surface area contributed by atoms with Crippen LogP contribution in [-0.2, 0) is 12.7 Å². The molecule has 7 nitrogen and oxygen atoms in total. The van der Waals surface area contributed by atoms with Gasteiger partial charge in [-0.15, -0.1) is 11.3 Å². The lowest BCUT2D eigenvalue weighted by molar-refractivity contribution is -0.137. The molecule has 3 heterocycles. The number of aromatic nitrogens is 2. The fourth-order valence-electron chi connectivity index (χ4n) is 5.05. The lowest BCUT2D eigenvalue weighted by Crippen LogP contribution is -2.20. The Labute approximate surface area is 289 Å². The van der Waals surface area contributed by atoms with Crippen molar-refractivity contribution >= 4 is 52.5 Å². The Hall–Kier alpha value is -2.86.